The van der Waals surface area contributed by atoms with Gasteiger partial charge >= 0.3 is 0 Å². The average Bonchev–Trinajstić information content (AvgIpc) is 2.88. The van der Waals surface area contributed by atoms with Crippen LogP contribution in [0, 0.1) is 5.41 Å². The quantitative estimate of drug-likeness (QED) is 0.900. The van der Waals surface area contributed by atoms with E-state index in [1.165, 1.54) is 0 Å². The lowest BCUT2D eigenvalue weighted by molar-refractivity contribution is -0.123. The zero-order valence-electron chi connectivity index (χ0n) is 14.0. The normalized spacial score (nSPS) is 23.7. The van der Waals surface area contributed by atoms with Crippen LogP contribution in [0.4, 0.5) is 5.69 Å². The van der Waals surface area contributed by atoms with E-state index >= 15 is 0 Å². The second-order valence-corrected chi connectivity index (χ2v) is 7.37. The molecule has 0 aromatic carbocycles. The van der Waals surface area contributed by atoms with Gasteiger partial charge in [-0.1, -0.05) is 20.8 Å². The van der Waals surface area contributed by atoms with Gasteiger partial charge in [-0.3, -0.25) is 19.5 Å². The molecule has 2 aliphatic heterocycles. The van der Waals surface area contributed by atoms with E-state index in [1.54, 1.807) is 18.5 Å². The first-order chi connectivity index (χ1) is 10.9. The third-order valence-electron chi connectivity index (χ3n) is 4.59. The Balaban J connectivity index is 1.82. The van der Waals surface area contributed by atoms with Crippen LogP contribution in [0.25, 0.3) is 0 Å². The smallest absolute Gasteiger partial charge is 0.257 e. The molecular formula is C17H24N4O2. The summed E-state index contributed by atoms with van der Waals surface area (Å²) >= 11 is 0. The summed E-state index contributed by atoms with van der Waals surface area (Å²) < 4.78 is 0. The average molecular weight is 316 g/mol. The molecule has 0 aliphatic carbocycles. The zero-order valence-corrected chi connectivity index (χ0v) is 14.0. The Labute approximate surface area is 136 Å². The highest BCUT2D eigenvalue weighted by Gasteiger charge is 2.36. The van der Waals surface area contributed by atoms with Crippen LogP contribution in [0.15, 0.2) is 18.5 Å². The van der Waals surface area contributed by atoms with Crippen LogP contribution in [0.1, 0.15) is 37.6 Å². The standard InChI is InChI=1S/C17H24N4O2/c1-17(2,3)16(23)19-14-4-6-18-10-13(14)15(22)21-9-8-20-7-5-12(21)11-20/h4,6,10,12H,5,7-9,11H2,1-3H3,(H,18,19,23). The maximum atomic E-state index is 13.0. The lowest BCUT2D eigenvalue weighted by atomic mass is 9.95. The Morgan fingerprint density at radius 3 is 2.78 bits per heavy atom. The van der Waals surface area contributed by atoms with Crippen molar-refractivity contribution in [2.45, 2.75) is 33.2 Å². The van der Waals surface area contributed by atoms with E-state index in [4.69, 9.17) is 0 Å². The Morgan fingerprint density at radius 1 is 1.26 bits per heavy atom. The number of pyridine rings is 1. The molecule has 2 amide bonds. The molecule has 23 heavy (non-hydrogen) atoms. The molecule has 3 rings (SSSR count). The number of rotatable bonds is 2. The predicted octanol–water partition coefficient (Wildman–Crippen LogP) is 1.60. The van der Waals surface area contributed by atoms with Crippen LogP contribution in [-0.2, 0) is 4.79 Å². The van der Waals surface area contributed by atoms with Gasteiger partial charge in [0.25, 0.3) is 5.91 Å². The number of hydrogen-bond acceptors (Lipinski definition) is 4. The van der Waals surface area contributed by atoms with Crippen molar-refractivity contribution in [3.8, 4) is 0 Å². The number of anilines is 1. The summed E-state index contributed by atoms with van der Waals surface area (Å²) in [5.74, 6) is -0.141. The number of hydrogen-bond donors (Lipinski definition) is 1. The Kier molecular flexibility index (Phi) is 4.10. The van der Waals surface area contributed by atoms with Gasteiger partial charge in [0.2, 0.25) is 5.91 Å². The molecule has 0 saturated carbocycles. The van der Waals surface area contributed by atoms with Crippen LogP contribution in [0.5, 0.6) is 0 Å². The molecule has 1 N–H and O–H groups in total. The molecule has 3 heterocycles. The monoisotopic (exact) mass is 316 g/mol. The van der Waals surface area contributed by atoms with Gasteiger partial charge in [0.15, 0.2) is 0 Å². The summed E-state index contributed by atoms with van der Waals surface area (Å²) in [6.07, 6.45) is 4.18. The van der Waals surface area contributed by atoms with Crippen molar-refractivity contribution in [2.75, 3.05) is 31.5 Å². The van der Waals surface area contributed by atoms with Crippen LogP contribution >= 0.6 is 0 Å². The van der Waals surface area contributed by atoms with Gasteiger partial charge in [0.05, 0.1) is 11.3 Å². The third-order valence-corrected chi connectivity index (χ3v) is 4.59. The molecule has 0 radical (unpaired) electrons. The molecular weight excluding hydrogens is 292 g/mol. The highest BCUT2D eigenvalue weighted by molar-refractivity contribution is 6.04. The highest BCUT2D eigenvalue weighted by Crippen LogP contribution is 2.25. The maximum Gasteiger partial charge on any atom is 0.257 e. The number of carbonyl (C=O) groups is 2. The minimum Gasteiger partial charge on any atom is -0.333 e. The van der Waals surface area contributed by atoms with Gasteiger partial charge in [0.1, 0.15) is 0 Å². The number of carbonyl (C=O) groups excluding carboxylic acids is 2. The van der Waals surface area contributed by atoms with Gasteiger partial charge in [-0.25, -0.2) is 0 Å². The first kappa shape index (κ1) is 15.9. The number of fused-ring (bicyclic) bond motifs is 2. The van der Waals surface area contributed by atoms with Crippen molar-refractivity contribution in [3.63, 3.8) is 0 Å². The molecule has 2 bridgehead atoms. The molecule has 2 atom stereocenters. The summed E-state index contributed by atoms with van der Waals surface area (Å²) in [7, 11) is 0. The van der Waals surface area contributed by atoms with Crippen LogP contribution in [0.3, 0.4) is 0 Å². The van der Waals surface area contributed by atoms with E-state index in [9.17, 15) is 9.59 Å². The van der Waals surface area contributed by atoms with E-state index in [1.807, 2.05) is 25.7 Å². The number of aromatic nitrogens is 1. The van der Waals surface area contributed by atoms with Gasteiger partial charge in [-0.05, 0) is 12.5 Å². The minimum absolute atomic E-state index is 0.0335. The zero-order chi connectivity index (χ0) is 16.6. The van der Waals surface area contributed by atoms with Crippen molar-refractivity contribution in [1.29, 1.82) is 0 Å². The summed E-state index contributed by atoms with van der Waals surface area (Å²) in [5, 5.41) is 2.88. The predicted molar refractivity (Wildman–Crippen MR) is 88.2 cm³/mol. The van der Waals surface area contributed by atoms with Gasteiger partial charge in [-0.15, -0.1) is 0 Å². The van der Waals surface area contributed by atoms with E-state index in [0.29, 0.717) is 11.3 Å². The molecule has 2 unspecified atom stereocenters. The van der Waals surface area contributed by atoms with Gasteiger partial charge in [0, 0.05) is 50.0 Å². The highest BCUT2D eigenvalue weighted by atomic mass is 16.2. The Hall–Kier alpha value is -1.95. The topological polar surface area (TPSA) is 65.5 Å². The molecule has 0 spiro atoms. The van der Waals surface area contributed by atoms with Gasteiger partial charge in [-0.2, -0.15) is 0 Å². The molecule has 124 valence electrons. The van der Waals surface area contributed by atoms with E-state index in [2.05, 4.69) is 15.2 Å². The van der Waals surface area contributed by atoms with Crippen LogP contribution in [-0.4, -0.2) is 58.8 Å². The number of piperazine rings is 1. The third kappa shape index (κ3) is 3.22. The molecule has 2 aliphatic rings. The first-order valence-electron chi connectivity index (χ1n) is 8.15. The fourth-order valence-electron chi connectivity index (χ4n) is 3.11. The minimum atomic E-state index is -0.513. The van der Waals surface area contributed by atoms with E-state index in [0.717, 1.165) is 32.6 Å². The van der Waals surface area contributed by atoms with Crippen molar-refractivity contribution in [3.05, 3.63) is 24.0 Å². The molecule has 1 aromatic rings. The van der Waals surface area contributed by atoms with Crippen molar-refractivity contribution in [2.24, 2.45) is 5.41 Å². The maximum absolute atomic E-state index is 13.0. The summed E-state index contributed by atoms with van der Waals surface area (Å²) in [5.41, 5.74) is 0.511. The fraction of sp³-hybridized carbons (Fsp3) is 0.588. The van der Waals surface area contributed by atoms with Crippen LogP contribution in [0.2, 0.25) is 0 Å². The fourth-order valence-corrected chi connectivity index (χ4v) is 3.11. The lowest BCUT2D eigenvalue weighted by Crippen LogP contribution is -2.49. The SMILES string of the molecule is CC(C)(C)C(=O)Nc1ccncc1C(=O)N1CCN2CCC1C2. The molecule has 2 fully saturated rings. The number of nitrogens with zero attached hydrogens (tertiary/aromatic N) is 3. The van der Waals surface area contributed by atoms with Crippen molar-refractivity contribution >= 4 is 17.5 Å². The summed E-state index contributed by atoms with van der Waals surface area (Å²) in [6, 6.07) is 1.98. The van der Waals surface area contributed by atoms with E-state index < -0.39 is 5.41 Å². The largest absolute Gasteiger partial charge is 0.333 e. The summed E-state index contributed by atoms with van der Waals surface area (Å²) in [4.78, 5) is 33.6. The van der Waals surface area contributed by atoms with Gasteiger partial charge < -0.3 is 10.2 Å². The van der Waals surface area contributed by atoms with Crippen molar-refractivity contribution < 1.29 is 9.59 Å². The Bertz CT molecular complexity index is 623. The van der Waals surface area contributed by atoms with Crippen molar-refractivity contribution in [1.82, 2.24) is 14.8 Å². The molecule has 2 saturated heterocycles. The number of nitrogens with one attached hydrogen (secondary N) is 1. The molecule has 6 heteroatoms. The number of amides is 2. The molecule has 1 aromatic heterocycles. The van der Waals surface area contributed by atoms with Crippen LogP contribution < -0.4 is 5.32 Å². The second kappa shape index (κ2) is 5.92. The second-order valence-electron chi connectivity index (χ2n) is 7.37. The Morgan fingerprint density at radius 2 is 2.04 bits per heavy atom. The lowest BCUT2D eigenvalue weighted by Gasteiger charge is -2.34. The first-order valence-corrected chi connectivity index (χ1v) is 8.15. The summed E-state index contributed by atoms with van der Waals surface area (Å²) in [6.45, 7) is 9.23. The molecule has 6 nitrogen and oxygen atoms in total. The van der Waals surface area contributed by atoms with E-state index in [-0.39, 0.29) is 17.9 Å².